The van der Waals surface area contributed by atoms with Crippen LogP contribution in [0, 0.1) is 6.92 Å². The molecule has 2 amide bonds. The van der Waals surface area contributed by atoms with Crippen molar-refractivity contribution in [1.29, 1.82) is 0 Å². The maximum Gasteiger partial charge on any atom is 0.247 e. The summed E-state index contributed by atoms with van der Waals surface area (Å²) in [7, 11) is 0. The molecule has 0 aliphatic carbocycles. The van der Waals surface area contributed by atoms with Gasteiger partial charge in [0.05, 0.1) is 0 Å². The van der Waals surface area contributed by atoms with Crippen molar-refractivity contribution < 1.29 is 9.59 Å². The summed E-state index contributed by atoms with van der Waals surface area (Å²) < 4.78 is 0. The van der Waals surface area contributed by atoms with Gasteiger partial charge < -0.3 is 10.2 Å². The van der Waals surface area contributed by atoms with Crippen molar-refractivity contribution >= 4 is 11.8 Å². The van der Waals surface area contributed by atoms with Crippen LogP contribution in [0.5, 0.6) is 0 Å². The average Bonchev–Trinajstić information content (AvgIpc) is 2.61. The zero-order chi connectivity index (χ0) is 16.9. The van der Waals surface area contributed by atoms with Crippen LogP contribution in [0.3, 0.4) is 0 Å². The second-order valence-corrected chi connectivity index (χ2v) is 6.12. The first-order chi connectivity index (χ1) is 11.7. The Balaban J connectivity index is 1.77. The largest absolute Gasteiger partial charge is 0.352 e. The van der Waals surface area contributed by atoms with Gasteiger partial charge in [-0.1, -0.05) is 54.6 Å². The zero-order valence-electron chi connectivity index (χ0n) is 13.9. The van der Waals surface area contributed by atoms with Gasteiger partial charge in [0.2, 0.25) is 11.8 Å². The topological polar surface area (TPSA) is 49.4 Å². The highest BCUT2D eigenvalue weighted by Crippen LogP contribution is 2.26. The van der Waals surface area contributed by atoms with Gasteiger partial charge in [-0.15, -0.1) is 0 Å². The smallest absolute Gasteiger partial charge is 0.247 e. The number of amides is 2. The number of carbonyl (C=O) groups is 2. The Morgan fingerprint density at radius 2 is 1.83 bits per heavy atom. The summed E-state index contributed by atoms with van der Waals surface area (Å²) in [5, 5.41) is 2.88. The SMILES string of the molecule is Cc1ccccc1C1C(=O)NCCN1C(=O)CCc1ccccc1. The van der Waals surface area contributed by atoms with E-state index in [-0.39, 0.29) is 11.8 Å². The summed E-state index contributed by atoms with van der Waals surface area (Å²) in [5.74, 6) is -0.0643. The van der Waals surface area contributed by atoms with Gasteiger partial charge in [0.1, 0.15) is 6.04 Å². The molecule has 0 radical (unpaired) electrons. The standard InChI is InChI=1S/C20H22N2O2/c1-15-7-5-6-10-17(15)19-20(24)21-13-14-22(19)18(23)12-11-16-8-3-2-4-9-16/h2-10,19H,11-14H2,1H3,(H,21,24). The Morgan fingerprint density at radius 3 is 2.58 bits per heavy atom. The molecule has 4 heteroatoms. The summed E-state index contributed by atoms with van der Waals surface area (Å²) in [6.07, 6.45) is 1.11. The third-order valence-electron chi connectivity index (χ3n) is 4.49. The highest BCUT2D eigenvalue weighted by molar-refractivity contribution is 5.90. The zero-order valence-corrected chi connectivity index (χ0v) is 13.9. The molecule has 0 saturated carbocycles. The van der Waals surface area contributed by atoms with E-state index in [4.69, 9.17) is 0 Å². The Kier molecular flexibility index (Phi) is 4.94. The van der Waals surface area contributed by atoms with Crippen molar-refractivity contribution in [3.05, 3.63) is 71.3 Å². The van der Waals surface area contributed by atoms with Crippen LogP contribution in [0.4, 0.5) is 0 Å². The van der Waals surface area contributed by atoms with E-state index in [1.54, 1.807) is 4.90 Å². The fourth-order valence-electron chi connectivity index (χ4n) is 3.18. The summed E-state index contributed by atoms with van der Waals surface area (Å²) in [6.45, 7) is 3.04. The molecule has 3 rings (SSSR count). The second-order valence-electron chi connectivity index (χ2n) is 6.12. The number of hydrogen-bond acceptors (Lipinski definition) is 2. The molecule has 1 fully saturated rings. The third-order valence-corrected chi connectivity index (χ3v) is 4.49. The molecule has 1 unspecified atom stereocenters. The number of nitrogens with one attached hydrogen (secondary N) is 1. The molecular formula is C20H22N2O2. The van der Waals surface area contributed by atoms with Crippen LogP contribution < -0.4 is 5.32 Å². The molecule has 1 saturated heterocycles. The van der Waals surface area contributed by atoms with Crippen molar-refractivity contribution in [2.75, 3.05) is 13.1 Å². The molecule has 2 aromatic carbocycles. The highest BCUT2D eigenvalue weighted by atomic mass is 16.2. The molecule has 4 nitrogen and oxygen atoms in total. The van der Waals surface area contributed by atoms with E-state index in [1.165, 1.54) is 0 Å². The lowest BCUT2D eigenvalue weighted by Crippen LogP contribution is -2.52. The fourth-order valence-corrected chi connectivity index (χ4v) is 3.18. The van der Waals surface area contributed by atoms with Gasteiger partial charge in [0.15, 0.2) is 0 Å². The summed E-state index contributed by atoms with van der Waals surface area (Å²) in [5.41, 5.74) is 3.07. The molecule has 0 spiro atoms. The van der Waals surface area contributed by atoms with Crippen molar-refractivity contribution in [2.24, 2.45) is 0 Å². The van der Waals surface area contributed by atoms with E-state index in [0.29, 0.717) is 25.9 Å². The summed E-state index contributed by atoms with van der Waals surface area (Å²) >= 11 is 0. The van der Waals surface area contributed by atoms with Crippen LogP contribution in [-0.2, 0) is 16.0 Å². The maximum absolute atomic E-state index is 12.8. The van der Waals surface area contributed by atoms with Gasteiger partial charge in [-0.2, -0.15) is 0 Å². The molecule has 0 bridgehead atoms. The fraction of sp³-hybridized carbons (Fsp3) is 0.300. The van der Waals surface area contributed by atoms with Crippen molar-refractivity contribution in [3.8, 4) is 0 Å². The van der Waals surface area contributed by atoms with E-state index in [9.17, 15) is 9.59 Å². The van der Waals surface area contributed by atoms with Crippen molar-refractivity contribution in [3.63, 3.8) is 0 Å². The minimum absolute atomic E-state index is 0.0296. The van der Waals surface area contributed by atoms with Crippen LogP contribution in [0.1, 0.15) is 29.2 Å². The first-order valence-electron chi connectivity index (χ1n) is 8.33. The monoisotopic (exact) mass is 322 g/mol. The molecule has 0 aromatic heterocycles. The number of nitrogens with zero attached hydrogens (tertiary/aromatic N) is 1. The van der Waals surface area contributed by atoms with Gasteiger partial charge in [0, 0.05) is 19.5 Å². The lowest BCUT2D eigenvalue weighted by atomic mass is 9.97. The Hall–Kier alpha value is -2.62. The van der Waals surface area contributed by atoms with Crippen LogP contribution in [0.25, 0.3) is 0 Å². The van der Waals surface area contributed by atoms with E-state index in [1.807, 2.05) is 61.5 Å². The molecule has 1 aliphatic rings. The Morgan fingerprint density at radius 1 is 1.12 bits per heavy atom. The molecule has 1 atom stereocenters. The lowest BCUT2D eigenvalue weighted by Gasteiger charge is -2.36. The number of hydrogen-bond donors (Lipinski definition) is 1. The molecular weight excluding hydrogens is 300 g/mol. The second kappa shape index (κ2) is 7.30. The van der Waals surface area contributed by atoms with Crippen LogP contribution in [-0.4, -0.2) is 29.8 Å². The van der Waals surface area contributed by atoms with E-state index >= 15 is 0 Å². The summed E-state index contributed by atoms with van der Waals surface area (Å²) in [4.78, 5) is 26.9. The van der Waals surface area contributed by atoms with Crippen LogP contribution in [0.2, 0.25) is 0 Å². The highest BCUT2D eigenvalue weighted by Gasteiger charge is 2.34. The number of piperazine rings is 1. The van der Waals surface area contributed by atoms with Crippen LogP contribution in [0.15, 0.2) is 54.6 Å². The molecule has 2 aromatic rings. The number of aryl methyl sites for hydroxylation is 2. The van der Waals surface area contributed by atoms with E-state index in [0.717, 1.165) is 16.7 Å². The van der Waals surface area contributed by atoms with Crippen LogP contribution >= 0.6 is 0 Å². The maximum atomic E-state index is 12.8. The van der Waals surface area contributed by atoms with Gasteiger partial charge in [-0.25, -0.2) is 0 Å². The van der Waals surface area contributed by atoms with E-state index in [2.05, 4.69) is 5.32 Å². The van der Waals surface area contributed by atoms with Gasteiger partial charge in [0.25, 0.3) is 0 Å². The first-order valence-corrected chi connectivity index (χ1v) is 8.33. The minimum Gasteiger partial charge on any atom is -0.352 e. The number of carbonyl (C=O) groups excluding carboxylic acids is 2. The Bertz CT molecular complexity index is 727. The molecule has 124 valence electrons. The lowest BCUT2D eigenvalue weighted by molar-refractivity contribution is -0.143. The molecule has 1 aliphatic heterocycles. The third kappa shape index (κ3) is 3.48. The summed E-state index contributed by atoms with van der Waals surface area (Å²) in [6, 6.07) is 17.2. The predicted molar refractivity (Wildman–Crippen MR) is 93.4 cm³/mol. The Labute approximate surface area is 142 Å². The van der Waals surface area contributed by atoms with Crippen molar-refractivity contribution in [2.45, 2.75) is 25.8 Å². The molecule has 24 heavy (non-hydrogen) atoms. The normalized spacial score (nSPS) is 17.5. The number of benzene rings is 2. The van der Waals surface area contributed by atoms with Gasteiger partial charge in [-0.3, -0.25) is 9.59 Å². The molecule has 1 N–H and O–H groups in total. The minimum atomic E-state index is -0.525. The van der Waals surface area contributed by atoms with Crippen molar-refractivity contribution in [1.82, 2.24) is 10.2 Å². The van der Waals surface area contributed by atoms with E-state index < -0.39 is 6.04 Å². The van der Waals surface area contributed by atoms with Gasteiger partial charge in [-0.05, 0) is 30.0 Å². The van der Waals surface area contributed by atoms with Gasteiger partial charge >= 0.3 is 0 Å². The quantitative estimate of drug-likeness (QED) is 0.941. The first kappa shape index (κ1) is 16.2. The predicted octanol–water partition coefficient (Wildman–Crippen LogP) is 2.63. The number of rotatable bonds is 4. The molecule has 1 heterocycles. The average molecular weight is 322 g/mol.